The smallest absolute Gasteiger partial charge is 0.160 e. The van der Waals surface area contributed by atoms with Gasteiger partial charge in [-0.3, -0.25) is 10.1 Å². The van der Waals surface area contributed by atoms with Crippen molar-refractivity contribution in [1.29, 1.82) is 0 Å². The molecule has 0 atom stereocenters. The summed E-state index contributed by atoms with van der Waals surface area (Å²) in [6.07, 6.45) is 5.33. The van der Waals surface area contributed by atoms with Crippen molar-refractivity contribution in [3.8, 4) is 45.3 Å². The van der Waals surface area contributed by atoms with Crippen LogP contribution in [0.1, 0.15) is 5.56 Å². The molecule has 0 fully saturated rings. The summed E-state index contributed by atoms with van der Waals surface area (Å²) in [6, 6.07) is 24.4. The number of pyridine rings is 2. The number of hydrogen-bond acceptors (Lipinski definition) is 7. The predicted octanol–water partition coefficient (Wildman–Crippen LogP) is 6.89. The average molecular weight is 600 g/mol. The maximum absolute atomic E-state index is 14.7. The van der Waals surface area contributed by atoms with E-state index in [1.807, 2.05) is 86.0 Å². The highest BCUT2D eigenvalue weighted by atomic mass is 19.1. The SMILES string of the molecule is CN(C)CCOc1cc(F)cc(-c2ccnc3[nH]c(-c4n[nH]c5ccc(-c6cncc(COc7ccccc7)c6)cc45)nc23)c1. The zero-order valence-electron chi connectivity index (χ0n) is 24.8. The first-order valence-corrected chi connectivity index (χ1v) is 14.5. The highest BCUT2D eigenvalue weighted by molar-refractivity contribution is 5.97. The number of fused-ring (bicyclic) bond motifs is 2. The lowest BCUT2D eigenvalue weighted by Gasteiger charge is -2.12. The zero-order valence-corrected chi connectivity index (χ0v) is 24.8. The van der Waals surface area contributed by atoms with Crippen LogP contribution < -0.4 is 9.47 Å². The Hall–Kier alpha value is -5.61. The van der Waals surface area contributed by atoms with Gasteiger partial charge in [-0.15, -0.1) is 0 Å². The van der Waals surface area contributed by atoms with E-state index in [2.05, 4.69) is 37.3 Å². The van der Waals surface area contributed by atoms with Crippen molar-refractivity contribution < 1.29 is 13.9 Å². The average Bonchev–Trinajstić information content (AvgIpc) is 3.68. The third-order valence-corrected chi connectivity index (χ3v) is 7.44. The van der Waals surface area contributed by atoms with Crippen LogP contribution in [0.4, 0.5) is 4.39 Å². The Morgan fingerprint density at radius 3 is 2.60 bits per heavy atom. The van der Waals surface area contributed by atoms with Crippen LogP contribution in [0, 0.1) is 5.82 Å². The Bertz CT molecular complexity index is 2110. The highest BCUT2D eigenvalue weighted by Gasteiger charge is 2.17. The van der Waals surface area contributed by atoms with Gasteiger partial charge in [-0.2, -0.15) is 5.10 Å². The molecule has 10 heteroatoms. The van der Waals surface area contributed by atoms with Gasteiger partial charge in [0.25, 0.3) is 0 Å². The van der Waals surface area contributed by atoms with Crippen molar-refractivity contribution in [2.45, 2.75) is 6.61 Å². The molecule has 3 aromatic carbocycles. The van der Waals surface area contributed by atoms with Gasteiger partial charge in [-0.25, -0.2) is 14.4 Å². The monoisotopic (exact) mass is 599 g/mol. The largest absolute Gasteiger partial charge is 0.492 e. The van der Waals surface area contributed by atoms with Crippen LogP contribution in [-0.2, 0) is 6.61 Å². The molecule has 7 aromatic rings. The fraction of sp³-hybridized carbons (Fsp3) is 0.143. The molecule has 0 aliphatic rings. The minimum Gasteiger partial charge on any atom is -0.492 e. The Morgan fingerprint density at radius 2 is 1.73 bits per heavy atom. The van der Waals surface area contributed by atoms with E-state index in [0.29, 0.717) is 47.2 Å². The van der Waals surface area contributed by atoms with Crippen LogP contribution in [0.25, 0.3) is 55.8 Å². The van der Waals surface area contributed by atoms with Gasteiger partial charge in [-0.1, -0.05) is 24.3 Å². The Morgan fingerprint density at radius 1 is 0.844 bits per heavy atom. The maximum atomic E-state index is 14.7. The fourth-order valence-electron chi connectivity index (χ4n) is 5.19. The van der Waals surface area contributed by atoms with E-state index >= 15 is 0 Å². The number of H-pyrrole nitrogens is 2. The molecule has 0 spiro atoms. The molecule has 4 heterocycles. The lowest BCUT2D eigenvalue weighted by atomic mass is 10.0. The fourth-order valence-corrected chi connectivity index (χ4v) is 5.19. The van der Waals surface area contributed by atoms with Crippen LogP contribution in [0.15, 0.2) is 97.5 Å². The molecule has 0 radical (unpaired) electrons. The number of nitrogens with one attached hydrogen (secondary N) is 2. The van der Waals surface area contributed by atoms with Gasteiger partial charge < -0.3 is 19.4 Å². The van der Waals surface area contributed by atoms with E-state index in [0.717, 1.165) is 45.5 Å². The molecule has 7 rings (SSSR count). The molecule has 0 unspecified atom stereocenters. The zero-order chi connectivity index (χ0) is 30.8. The van der Waals surface area contributed by atoms with Crippen LogP contribution in [0.5, 0.6) is 11.5 Å². The highest BCUT2D eigenvalue weighted by Crippen LogP contribution is 2.34. The normalized spacial score (nSPS) is 11.5. The summed E-state index contributed by atoms with van der Waals surface area (Å²) >= 11 is 0. The van der Waals surface area contributed by atoms with Gasteiger partial charge >= 0.3 is 0 Å². The van der Waals surface area contributed by atoms with E-state index < -0.39 is 0 Å². The molecular formula is C35H30FN7O2. The summed E-state index contributed by atoms with van der Waals surface area (Å²) < 4.78 is 26.4. The quantitative estimate of drug-likeness (QED) is 0.176. The lowest BCUT2D eigenvalue weighted by Crippen LogP contribution is -2.19. The van der Waals surface area contributed by atoms with Crippen LogP contribution in [0.2, 0.25) is 0 Å². The van der Waals surface area contributed by atoms with Crippen molar-refractivity contribution in [1.82, 2.24) is 35.0 Å². The molecule has 45 heavy (non-hydrogen) atoms. The number of rotatable bonds is 10. The second-order valence-corrected chi connectivity index (χ2v) is 11.0. The summed E-state index contributed by atoms with van der Waals surface area (Å²) in [7, 11) is 3.93. The van der Waals surface area contributed by atoms with E-state index in [1.165, 1.54) is 12.1 Å². The van der Waals surface area contributed by atoms with Gasteiger partial charge in [0.2, 0.25) is 0 Å². The first-order chi connectivity index (χ1) is 22.0. The predicted molar refractivity (Wildman–Crippen MR) is 172 cm³/mol. The molecule has 4 aromatic heterocycles. The van der Waals surface area contributed by atoms with Gasteiger partial charge in [0.05, 0.1) is 5.52 Å². The van der Waals surface area contributed by atoms with Gasteiger partial charge in [0.15, 0.2) is 11.5 Å². The van der Waals surface area contributed by atoms with Crippen LogP contribution in [-0.4, -0.2) is 62.3 Å². The molecule has 0 aliphatic carbocycles. The molecule has 0 aliphatic heterocycles. The number of hydrogen-bond donors (Lipinski definition) is 2. The van der Waals surface area contributed by atoms with Crippen LogP contribution >= 0.6 is 0 Å². The molecule has 0 saturated carbocycles. The molecule has 2 N–H and O–H groups in total. The molecule has 224 valence electrons. The number of imidazole rings is 1. The molecule has 0 amide bonds. The van der Waals surface area contributed by atoms with E-state index in [9.17, 15) is 4.39 Å². The number of aromatic amines is 2. The number of halogens is 1. The van der Waals surface area contributed by atoms with Gasteiger partial charge in [0.1, 0.15) is 41.7 Å². The number of aromatic nitrogens is 6. The van der Waals surface area contributed by atoms with Crippen molar-refractivity contribution in [3.63, 3.8) is 0 Å². The van der Waals surface area contributed by atoms with E-state index in [-0.39, 0.29) is 5.82 Å². The Labute approximate surface area is 258 Å². The third-order valence-electron chi connectivity index (χ3n) is 7.44. The summed E-state index contributed by atoms with van der Waals surface area (Å²) in [6.45, 7) is 1.58. The molecular weight excluding hydrogens is 569 g/mol. The van der Waals surface area contributed by atoms with Crippen molar-refractivity contribution in [3.05, 3.63) is 109 Å². The van der Waals surface area contributed by atoms with E-state index in [4.69, 9.17) is 14.5 Å². The minimum atomic E-state index is -0.385. The third kappa shape index (κ3) is 6.09. The first-order valence-electron chi connectivity index (χ1n) is 14.5. The van der Waals surface area contributed by atoms with Crippen LogP contribution in [0.3, 0.4) is 0 Å². The number of benzene rings is 3. The maximum Gasteiger partial charge on any atom is 0.160 e. The first kappa shape index (κ1) is 28.2. The minimum absolute atomic E-state index is 0.385. The van der Waals surface area contributed by atoms with Gasteiger partial charge in [-0.05, 0) is 73.8 Å². The summed E-state index contributed by atoms with van der Waals surface area (Å²) in [5, 5.41) is 8.59. The number of para-hydroxylation sites is 1. The van der Waals surface area contributed by atoms with E-state index in [1.54, 1.807) is 6.20 Å². The molecule has 0 bridgehead atoms. The second kappa shape index (κ2) is 12.2. The molecule has 9 nitrogen and oxygen atoms in total. The standard InChI is InChI=1S/C35H30FN7O2/c1-43(2)12-13-44-28-16-24(15-26(36)18-28)29-10-11-38-34-32(29)39-35(40-34)33-30-17-23(8-9-31(30)41-42-33)25-14-22(19-37-20-25)21-45-27-6-4-3-5-7-27/h3-11,14-20H,12-13,21H2,1-2H3,(H,41,42)(H,38,39,40). The van der Waals surface area contributed by atoms with Crippen molar-refractivity contribution in [2.24, 2.45) is 0 Å². The summed E-state index contributed by atoms with van der Waals surface area (Å²) in [5.41, 5.74) is 6.99. The topological polar surface area (TPSA) is 105 Å². The Kier molecular flexibility index (Phi) is 7.62. The molecule has 0 saturated heterocycles. The van der Waals surface area contributed by atoms with Gasteiger partial charge in [0, 0.05) is 53.3 Å². The number of likely N-dealkylation sites (N-methyl/N-ethyl adjacent to an activating group) is 1. The number of ether oxygens (including phenoxy) is 2. The lowest BCUT2D eigenvalue weighted by molar-refractivity contribution is 0.260. The summed E-state index contributed by atoms with van der Waals surface area (Å²) in [5.74, 6) is 1.44. The number of nitrogens with zero attached hydrogens (tertiary/aromatic N) is 5. The van der Waals surface area contributed by atoms with Crippen molar-refractivity contribution >= 4 is 22.1 Å². The second-order valence-electron chi connectivity index (χ2n) is 11.0. The van der Waals surface area contributed by atoms with Crippen molar-refractivity contribution in [2.75, 3.05) is 27.2 Å². The summed E-state index contributed by atoms with van der Waals surface area (Å²) in [4.78, 5) is 19.2. The Balaban J connectivity index is 1.20.